The number of aliphatic hydroxyl groups is 1. The van der Waals surface area contributed by atoms with Crippen LogP contribution < -0.4 is 5.32 Å². The highest BCUT2D eigenvalue weighted by atomic mass is 35.5. The standard InChI is InChI=1S/C10H13ClN2O/c11-10-4-1-7-8(12-5-6-14)2-3-9(7)13-10/h1,4,8,12,14H,2-3,5-6H2. The number of halogens is 1. The van der Waals surface area contributed by atoms with Gasteiger partial charge in [0.05, 0.1) is 6.61 Å². The van der Waals surface area contributed by atoms with Crippen LogP contribution in [0, 0.1) is 0 Å². The van der Waals surface area contributed by atoms with Gasteiger partial charge in [-0.15, -0.1) is 0 Å². The second-order valence-corrected chi connectivity index (χ2v) is 3.83. The molecule has 1 heterocycles. The van der Waals surface area contributed by atoms with Crippen LogP contribution in [0.4, 0.5) is 0 Å². The summed E-state index contributed by atoms with van der Waals surface area (Å²) in [5.74, 6) is 0. The predicted molar refractivity (Wildman–Crippen MR) is 55.4 cm³/mol. The molecule has 0 bridgehead atoms. The van der Waals surface area contributed by atoms with E-state index < -0.39 is 0 Å². The molecule has 0 spiro atoms. The Hall–Kier alpha value is -0.640. The summed E-state index contributed by atoms with van der Waals surface area (Å²) in [6.07, 6.45) is 2.02. The van der Waals surface area contributed by atoms with E-state index in [4.69, 9.17) is 16.7 Å². The predicted octanol–water partition coefficient (Wildman–Crippen LogP) is 1.30. The summed E-state index contributed by atoms with van der Waals surface area (Å²) in [5, 5.41) is 12.6. The average Bonchev–Trinajstić information content (AvgIpc) is 2.57. The van der Waals surface area contributed by atoms with E-state index in [1.54, 1.807) is 0 Å². The molecule has 4 heteroatoms. The third-order valence-electron chi connectivity index (χ3n) is 2.52. The summed E-state index contributed by atoms with van der Waals surface area (Å²) in [7, 11) is 0. The van der Waals surface area contributed by atoms with E-state index in [1.165, 1.54) is 5.56 Å². The maximum Gasteiger partial charge on any atom is 0.129 e. The molecular weight excluding hydrogens is 200 g/mol. The second kappa shape index (κ2) is 4.26. The van der Waals surface area contributed by atoms with Crippen molar-refractivity contribution in [3.8, 4) is 0 Å². The lowest BCUT2D eigenvalue weighted by Crippen LogP contribution is -2.22. The van der Waals surface area contributed by atoms with Crippen molar-refractivity contribution < 1.29 is 5.11 Å². The normalized spacial score (nSPS) is 19.7. The summed E-state index contributed by atoms with van der Waals surface area (Å²) < 4.78 is 0. The Morgan fingerprint density at radius 2 is 2.43 bits per heavy atom. The van der Waals surface area contributed by atoms with Crippen molar-refractivity contribution in [3.63, 3.8) is 0 Å². The van der Waals surface area contributed by atoms with Gasteiger partial charge in [-0.1, -0.05) is 17.7 Å². The minimum Gasteiger partial charge on any atom is -0.395 e. The van der Waals surface area contributed by atoms with Gasteiger partial charge < -0.3 is 10.4 Å². The largest absolute Gasteiger partial charge is 0.395 e. The van der Waals surface area contributed by atoms with Crippen molar-refractivity contribution in [1.82, 2.24) is 10.3 Å². The molecule has 76 valence electrons. The monoisotopic (exact) mass is 212 g/mol. The van der Waals surface area contributed by atoms with Gasteiger partial charge in [-0.3, -0.25) is 0 Å². The average molecular weight is 213 g/mol. The van der Waals surface area contributed by atoms with Crippen molar-refractivity contribution in [2.24, 2.45) is 0 Å². The molecule has 0 amide bonds. The van der Waals surface area contributed by atoms with Crippen LogP contribution in [0.15, 0.2) is 12.1 Å². The molecule has 0 saturated carbocycles. The van der Waals surface area contributed by atoms with Crippen LogP contribution in [0.5, 0.6) is 0 Å². The van der Waals surface area contributed by atoms with E-state index in [1.807, 2.05) is 12.1 Å². The van der Waals surface area contributed by atoms with E-state index in [9.17, 15) is 0 Å². The summed E-state index contributed by atoms with van der Waals surface area (Å²) in [5.41, 5.74) is 2.32. The lowest BCUT2D eigenvalue weighted by molar-refractivity contribution is 0.284. The smallest absolute Gasteiger partial charge is 0.129 e. The van der Waals surface area contributed by atoms with Crippen molar-refractivity contribution in [2.45, 2.75) is 18.9 Å². The summed E-state index contributed by atoms with van der Waals surface area (Å²) in [6, 6.07) is 4.17. The van der Waals surface area contributed by atoms with E-state index in [-0.39, 0.29) is 6.61 Å². The quantitative estimate of drug-likeness (QED) is 0.743. The van der Waals surface area contributed by atoms with Gasteiger partial charge in [-0.2, -0.15) is 0 Å². The highest BCUT2D eigenvalue weighted by Crippen LogP contribution is 2.30. The van der Waals surface area contributed by atoms with Crippen LogP contribution in [0.1, 0.15) is 23.7 Å². The first-order valence-corrected chi connectivity index (χ1v) is 5.18. The molecule has 0 radical (unpaired) electrons. The third kappa shape index (κ3) is 1.90. The van der Waals surface area contributed by atoms with Crippen molar-refractivity contribution >= 4 is 11.6 Å². The van der Waals surface area contributed by atoms with Gasteiger partial charge in [0.25, 0.3) is 0 Å². The highest BCUT2D eigenvalue weighted by molar-refractivity contribution is 6.29. The minimum absolute atomic E-state index is 0.173. The van der Waals surface area contributed by atoms with Crippen LogP contribution >= 0.6 is 11.6 Å². The van der Waals surface area contributed by atoms with Crippen LogP contribution in [0.25, 0.3) is 0 Å². The van der Waals surface area contributed by atoms with E-state index >= 15 is 0 Å². The zero-order valence-corrected chi connectivity index (χ0v) is 8.59. The van der Waals surface area contributed by atoms with Crippen LogP contribution in [-0.4, -0.2) is 23.2 Å². The number of aromatic nitrogens is 1. The fourth-order valence-corrected chi connectivity index (χ4v) is 2.06. The van der Waals surface area contributed by atoms with E-state index in [0.29, 0.717) is 17.7 Å². The molecule has 1 aliphatic carbocycles. The zero-order chi connectivity index (χ0) is 9.97. The molecule has 2 rings (SSSR count). The van der Waals surface area contributed by atoms with Gasteiger partial charge in [0.1, 0.15) is 5.15 Å². The minimum atomic E-state index is 0.173. The summed E-state index contributed by atoms with van der Waals surface area (Å²) >= 11 is 5.80. The molecule has 1 aromatic heterocycles. The molecule has 0 aliphatic heterocycles. The van der Waals surface area contributed by atoms with Crippen molar-refractivity contribution in [3.05, 3.63) is 28.5 Å². The summed E-state index contributed by atoms with van der Waals surface area (Å²) in [4.78, 5) is 4.27. The Bertz CT molecular complexity index is 330. The van der Waals surface area contributed by atoms with E-state index in [2.05, 4.69) is 10.3 Å². The fourth-order valence-electron chi connectivity index (χ4n) is 1.89. The number of nitrogens with one attached hydrogen (secondary N) is 1. The molecule has 1 atom stereocenters. The molecule has 0 fully saturated rings. The van der Waals surface area contributed by atoms with Gasteiger partial charge in [-0.25, -0.2) is 4.98 Å². The molecular formula is C10H13ClN2O. The molecule has 2 N–H and O–H groups in total. The molecule has 0 saturated heterocycles. The molecule has 0 aromatic carbocycles. The third-order valence-corrected chi connectivity index (χ3v) is 2.73. The number of fused-ring (bicyclic) bond motifs is 1. The fraction of sp³-hybridized carbons (Fsp3) is 0.500. The van der Waals surface area contributed by atoms with Gasteiger partial charge in [0, 0.05) is 18.3 Å². The van der Waals surface area contributed by atoms with Crippen molar-refractivity contribution in [2.75, 3.05) is 13.2 Å². The lowest BCUT2D eigenvalue weighted by atomic mass is 10.1. The number of rotatable bonds is 3. The number of hydrogen-bond donors (Lipinski definition) is 2. The molecule has 1 unspecified atom stereocenters. The highest BCUT2D eigenvalue weighted by Gasteiger charge is 2.22. The Balaban J connectivity index is 2.14. The Morgan fingerprint density at radius 1 is 1.57 bits per heavy atom. The summed E-state index contributed by atoms with van der Waals surface area (Å²) in [6.45, 7) is 0.805. The number of nitrogens with zero attached hydrogens (tertiary/aromatic N) is 1. The molecule has 1 aliphatic rings. The molecule has 3 nitrogen and oxygen atoms in total. The Kier molecular flexibility index (Phi) is 3.01. The second-order valence-electron chi connectivity index (χ2n) is 3.44. The number of pyridine rings is 1. The van der Waals surface area contributed by atoms with Gasteiger partial charge in [0.15, 0.2) is 0 Å². The topological polar surface area (TPSA) is 45.1 Å². The Morgan fingerprint density at radius 3 is 3.21 bits per heavy atom. The van der Waals surface area contributed by atoms with Gasteiger partial charge in [-0.05, 0) is 24.5 Å². The first-order chi connectivity index (χ1) is 6.81. The van der Waals surface area contributed by atoms with Crippen molar-refractivity contribution in [1.29, 1.82) is 0 Å². The Labute approximate surface area is 88.1 Å². The maximum absolute atomic E-state index is 8.72. The van der Waals surface area contributed by atoms with Crippen LogP contribution in [0.3, 0.4) is 0 Å². The SMILES string of the molecule is OCCNC1CCc2nc(Cl)ccc21. The molecule has 1 aromatic rings. The first-order valence-electron chi connectivity index (χ1n) is 4.81. The number of hydrogen-bond acceptors (Lipinski definition) is 3. The van der Waals surface area contributed by atoms with Crippen LogP contribution in [0.2, 0.25) is 5.15 Å². The zero-order valence-electron chi connectivity index (χ0n) is 7.83. The first kappa shape index (κ1) is 9.90. The van der Waals surface area contributed by atoms with E-state index in [0.717, 1.165) is 18.5 Å². The number of aryl methyl sites for hydroxylation is 1. The van der Waals surface area contributed by atoms with Gasteiger partial charge >= 0.3 is 0 Å². The van der Waals surface area contributed by atoms with Crippen LogP contribution in [-0.2, 0) is 6.42 Å². The molecule has 14 heavy (non-hydrogen) atoms. The van der Waals surface area contributed by atoms with Gasteiger partial charge in [0.2, 0.25) is 0 Å². The number of aliphatic hydroxyl groups excluding tert-OH is 1. The lowest BCUT2D eigenvalue weighted by Gasteiger charge is -2.12. The maximum atomic E-state index is 8.72.